The zero-order valence-electron chi connectivity index (χ0n) is 13.0. The van der Waals surface area contributed by atoms with Crippen LogP contribution in [-0.2, 0) is 0 Å². The minimum atomic E-state index is 0.0185. The number of hydrogen-bond acceptors (Lipinski definition) is 3. The van der Waals surface area contributed by atoms with Gasteiger partial charge in [0.15, 0.2) is 5.78 Å². The smallest absolute Gasteiger partial charge is 0.174 e. The zero-order chi connectivity index (χ0) is 16.4. The van der Waals surface area contributed by atoms with Crippen molar-refractivity contribution in [2.24, 2.45) is 0 Å². The first kappa shape index (κ1) is 16.0. The standard InChI is InChI=1S/C19H16ClNOS/c1-12-6-5-8-14-13(2)10-18(21-19(12)14)23-11-17(22)15-7-3-4-9-16(15)20/h3-10H,11H2,1-2H3. The molecule has 116 valence electrons. The highest BCUT2D eigenvalue weighted by molar-refractivity contribution is 7.99. The summed E-state index contributed by atoms with van der Waals surface area (Å²) in [6.45, 7) is 4.13. The highest BCUT2D eigenvalue weighted by atomic mass is 35.5. The molecule has 3 aromatic rings. The minimum absolute atomic E-state index is 0.0185. The number of halogens is 1. The number of aryl methyl sites for hydroxylation is 2. The lowest BCUT2D eigenvalue weighted by atomic mass is 10.1. The van der Waals surface area contributed by atoms with Crippen molar-refractivity contribution >= 4 is 40.0 Å². The van der Waals surface area contributed by atoms with Crippen molar-refractivity contribution in [2.75, 3.05) is 5.75 Å². The quantitative estimate of drug-likeness (QED) is 0.465. The first-order chi connectivity index (χ1) is 11.1. The number of benzene rings is 2. The van der Waals surface area contributed by atoms with Crippen LogP contribution < -0.4 is 0 Å². The molecule has 0 saturated heterocycles. The Morgan fingerprint density at radius 1 is 1.09 bits per heavy atom. The molecule has 0 amide bonds. The third-order valence-corrected chi connectivity index (χ3v) is 4.99. The number of nitrogens with zero attached hydrogens (tertiary/aromatic N) is 1. The van der Waals surface area contributed by atoms with E-state index >= 15 is 0 Å². The van der Waals surface area contributed by atoms with Gasteiger partial charge in [-0.25, -0.2) is 4.98 Å². The molecule has 3 rings (SSSR count). The maximum Gasteiger partial charge on any atom is 0.174 e. The number of carbonyl (C=O) groups is 1. The molecule has 1 heterocycles. The van der Waals surface area contributed by atoms with Gasteiger partial charge in [-0.05, 0) is 43.2 Å². The zero-order valence-corrected chi connectivity index (χ0v) is 14.5. The maximum atomic E-state index is 12.3. The Morgan fingerprint density at radius 2 is 1.87 bits per heavy atom. The number of thioether (sulfide) groups is 1. The number of para-hydroxylation sites is 1. The Balaban J connectivity index is 1.84. The molecule has 4 heteroatoms. The van der Waals surface area contributed by atoms with Gasteiger partial charge in [-0.15, -0.1) is 0 Å². The molecule has 0 fully saturated rings. The lowest BCUT2D eigenvalue weighted by Crippen LogP contribution is -2.03. The molecule has 2 nitrogen and oxygen atoms in total. The molecular weight excluding hydrogens is 326 g/mol. The Bertz CT molecular complexity index is 892. The van der Waals surface area contributed by atoms with Gasteiger partial charge in [-0.1, -0.05) is 53.7 Å². The van der Waals surface area contributed by atoms with Crippen molar-refractivity contribution in [2.45, 2.75) is 18.9 Å². The summed E-state index contributed by atoms with van der Waals surface area (Å²) in [5.74, 6) is 0.345. The largest absolute Gasteiger partial charge is 0.293 e. The van der Waals surface area contributed by atoms with Crippen LogP contribution in [0.2, 0.25) is 5.02 Å². The second kappa shape index (κ2) is 6.73. The van der Waals surface area contributed by atoms with E-state index in [4.69, 9.17) is 16.6 Å². The summed E-state index contributed by atoms with van der Waals surface area (Å²) in [7, 11) is 0. The fourth-order valence-electron chi connectivity index (χ4n) is 2.51. The van der Waals surface area contributed by atoms with E-state index in [-0.39, 0.29) is 5.78 Å². The summed E-state index contributed by atoms with van der Waals surface area (Å²) in [5, 5.41) is 2.52. The summed E-state index contributed by atoms with van der Waals surface area (Å²) < 4.78 is 0. The van der Waals surface area contributed by atoms with Gasteiger partial charge >= 0.3 is 0 Å². The van der Waals surface area contributed by atoms with E-state index in [0.29, 0.717) is 16.3 Å². The van der Waals surface area contributed by atoms with E-state index in [0.717, 1.165) is 21.5 Å². The van der Waals surface area contributed by atoms with Gasteiger partial charge in [0, 0.05) is 10.9 Å². The molecular formula is C19H16ClNOS. The van der Waals surface area contributed by atoms with E-state index in [1.165, 1.54) is 17.3 Å². The minimum Gasteiger partial charge on any atom is -0.293 e. The number of Topliss-reactive ketones (excluding diaryl/α,β-unsaturated/α-hetero) is 1. The number of aromatic nitrogens is 1. The van der Waals surface area contributed by atoms with Crippen molar-refractivity contribution in [1.29, 1.82) is 0 Å². The fraction of sp³-hybridized carbons (Fsp3) is 0.158. The molecule has 0 saturated carbocycles. The topological polar surface area (TPSA) is 30.0 Å². The van der Waals surface area contributed by atoms with Crippen LogP contribution in [0.4, 0.5) is 0 Å². The van der Waals surface area contributed by atoms with Gasteiger partial charge in [0.25, 0.3) is 0 Å². The van der Waals surface area contributed by atoms with Gasteiger partial charge in [-0.3, -0.25) is 4.79 Å². The van der Waals surface area contributed by atoms with Gasteiger partial charge in [0.05, 0.1) is 21.3 Å². The number of fused-ring (bicyclic) bond motifs is 1. The molecule has 23 heavy (non-hydrogen) atoms. The first-order valence-electron chi connectivity index (χ1n) is 7.34. The number of pyridine rings is 1. The molecule has 0 aliphatic rings. The predicted molar refractivity (Wildman–Crippen MR) is 97.7 cm³/mol. The predicted octanol–water partition coefficient (Wildman–Crippen LogP) is 5.48. The fourth-order valence-corrected chi connectivity index (χ4v) is 3.60. The van der Waals surface area contributed by atoms with Gasteiger partial charge in [-0.2, -0.15) is 0 Å². The molecule has 0 aliphatic heterocycles. The lowest BCUT2D eigenvalue weighted by Gasteiger charge is -2.08. The summed E-state index contributed by atoms with van der Waals surface area (Å²) >= 11 is 7.53. The molecule has 1 aromatic heterocycles. The normalized spacial score (nSPS) is 10.9. The summed E-state index contributed by atoms with van der Waals surface area (Å²) in [6, 6.07) is 15.4. The van der Waals surface area contributed by atoms with Crippen molar-refractivity contribution < 1.29 is 4.79 Å². The number of hydrogen-bond donors (Lipinski definition) is 0. The van der Waals surface area contributed by atoms with Crippen LogP contribution in [0, 0.1) is 13.8 Å². The third-order valence-electron chi connectivity index (χ3n) is 3.75. The number of ketones is 1. The van der Waals surface area contributed by atoms with Gasteiger partial charge in [0.1, 0.15) is 0 Å². The van der Waals surface area contributed by atoms with Crippen molar-refractivity contribution in [3.8, 4) is 0 Å². The van der Waals surface area contributed by atoms with Gasteiger partial charge in [0.2, 0.25) is 0 Å². The number of carbonyl (C=O) groups excluding carboxylic acids is 1. The highest BCUT2D eigenvalue weighted by Gasteiger charge is 2.12. The summed E-state index contributed by atoms with van der Waals surface area (Å²) in [4.78, 5) is 17.0. The lowest BCUT2D eigenvalue weighted by molar-refractivity contribution is 0.102. The average Bonchev–Trinajstić information content (AvgIpc) is 2.54. The molecule has 0 spiro atoms. The Hall–Kier alpha value is -1.84. The molecule has 0 bridgehead atoms. The SMILES string of the molecule is Cc1cc(SCC(=O)c2ccccc2Cl)nc2c(C)cccc12. The van der Waals surface area contributed by atoms with E-state index in [9.17, 15) is 4.79 Å². The average molecular weight is 342 g/mol. The van der Waals surface area contributed by atoms with E-state index in [1.807, 2.05) is 24.3 Å². The van der Waals surface area contributed by atoms with Crippen LogP contribution in [0.5, 0.6) is 0 Å². The molecule has 0 aliphatic carbocycles. The maximum absolute atomic E-state index is 12.3. The van der Waals surface area contributed by atoms with Crippen LogP contribution in [-0.4, -0.2) is 16.5 Å². The van der Waals surface area contributed by atoms with E-state index in [2.05, 4.69) is 26.0 Å². The molecule has 0 atom stereocenters. The Morgan fingerprint density at radius 3 is 2.65 bits per heavy atom. The van der Waals surface area contributed by atoms with Crippen LogP contribution in [0.1, 0.15) is 21.5 Å². The van der Waals surface area contributed by atoms with Crippen LogP contribution in [0.15, 0.2) is 53.6 Å². The Labute approximate surface area is 144 Å². The van der Waals surface area contributed by atoms with E-state index < -0.39 is 0 Å². The van der Waals surface area contributed by atoms with Crippen molar-refractivity contribution in [3.05, 3.63) is 70.2 Å². The number of rotatable bonds is 4. The second-order valence-electron chi connectivity index (χ2n) is 5.44. The monoisotopic (exact) mass is 341 g/mol. The summed E-state index contributed by atoms with van der Waals surface area (Å²) in [6.07, 6.45) is 0. The van der Waals surface area contributed by atoms with Gasteiger partial charge < -0.3 is 0 Å². The van der Waals surface area contributed by atoms with Crippen molar-refractivity contribution in [1.82, 2.24) is 4.98 Å². The molecule has 0 unspecified atom stereocenters. The first-order valence-corrected chi connectivity index (χ1v) is 8.70. The highest BCUT2D eigenvalue weighted by Crippen LogP contribution is 2.26. The van der Waals surface area contributed by atoms with Crippen molar-refractivity contribution in [3.63, 3.8) is 0 Å². The van der Waals surface area contributed by atoms with Crippen LogP contribution in [0.25, 0.3) is 10.9 Å². The van der Waals surface area contributed by atoms with Crippen LogP contribution in [0.3, 0.4) is 0 Å². The molecule has 0 radical (unpaired) electrons. The Kier molecular flexibility index (Phi) is 4.69. The molecule has 2 aromatic carbocycles. The summed E-state index contributed by atoms with van der Waals surface area (Å²) in [5.41, 5.74) is 3.88. The third kappa shape index (κ3) is 3.41. The van der Waals surface area contributed by atoms with E-state index in [1.54, 1.807) is 12.1 Å². The molecule has 0 N–H and O–H groups in total. The van der Waals surface area contributed by atoms with Crippen LogP contribution >= 0.6 is 23.4 Å². The second-order valence-corrected chi connectivity index (χ2v) is 6.84.